The molecule has 1 aromatic heterocycles. The van der Waals surface area contributed by atoms with E-state index in [9.17, 15) is 4.79 Å². The monoisotopic (exact) mass is 493 g/mol. The molecule has 0 radical (unpaired) electrons. The molecule has 0 bridgehead atoms. The lowest BCUT2D eigenvalue weighted by Gasteiger charge is -2.12. The minimum Gasteiger partial charge on any atom is -0.491 e. The van der Waals surface area contributed by atoms with Crippen molar-refractivity contribution in [3.63, 3.8) is 0 Å². The number of carbonyl (C=O) groups is 1. The molecule has 0 aliphatic carbocycles. The van der Waals surface area contributed by atoms with Crippen molar-refractivity contribution in [2.45, 2.75) is 53.1 Å². The predicted octanol–water partition coefficient (Wildman–Crippen LogP) is 3.48. The first-order chi connectivity index (χ1) is 17.2. The number of fused-ring (bicyclic) bond motifs is 3. The lowest BCUT2D eigenvalue weighted by molar-refractivity contribution is -0.146. The Morgan fingerprint density at radius 1 is 1.36 bits per heavy atom. The predicted molar refractivity (Wildman–Crippen MR) is 143 cm³/mol. The second-order valence-corrected chi connectivity index (χ2v) is 8.91. The highest BCUT2D eigenvalue weighted by Gasteiger charge is 2.22. The number of aliphatic imine (C=N–C) groups is 3. The molecule has 0 saturated heterocycles. The van der Waals surface area contributed by atoms with Gasteiger partial charge in [-0.05, 0) is 45.4 Å². The van der Waals surface area contributed by atoms with Crippen molar-refractivity contribution in [3.05, 3.63) is 35.7 Å². The van der Waals surface area contributed by atoms with Gasteiger partial charge >= 0.3 is 5.97 Å². The highest BCUT2D eigenvalue weighted by molar-refractivity contribution is 6.04. The molecular weight excluding hydrogens is 458 g/mol. The van der Waals surface area contributed by atoms with E-state index in [-0.39, 0.29) is 23.8 Å². The fourth-order valence-electron chi connectivity index (χ4n) is 3.69. The lowest BCUT2D eigenvalue weighted by atomic mass is 9.99. The molecule has 0 amide bonds. The Morgan fingerprint density at radius 2 is 2.14 bits per heavy atom. The van der Waals surface area contributed by atoms with Crippen molar-refractivity contribution >= 4 is 30.1 Å². The van der Waals surface area contributed by atoms with Gasteiger partial charge in [0.1, 0.15) is 23.9 Å². The Kier molecular flexibility index (Phi) is 9.10. The molecule has 2 unspecified atom stereocenters. The first kappa shape index (κ1) is 26.8. The molecule has 1 aliphatic heterocycles. The molecule has 3 rings (SSSR count). The van der Waals surface area contributed by atoms with Crippen LogP contribution in [0.4, 0.5) is 0 Å². The molecule has 3 N–H and O–H groups in total. The number of aromatic nitrogens is 2. The Bertz CT molecular complexity index is 1180. The molecule has 1 aromatic carbocycles. The molecular formula is C26H35N7O3. The Labute approximate surface area is 211 Å². The van der Waals surface area contributed by atoms with E-state index in [0.717, 1.165) is 17.0 Å². The van der Waals surface area contributed by atoms with E-state index in [4.69, 9.17) is 25.6 Å². The fraction of sp³-hybridized carbons (Fsp3) is 0.462. The van der Waals surface area contributed by atoms with Crippen molar-refractivity contribution < 1.29 is 14.3 Å². The summed E-state index contributed by atoms with van der Waals surface area (Å²) in [4.78, 5) is 30.0. The van der Waals surface area contributed by atoms with E-state index in [1.54, 1.807) is 27.0 Å². The number of amidine groups is 2. The quantitative estimate of drug-likeness (QED) is 0.313. The van der Waals surface area contributed by atoms with E-state index in [1.807, 2.05) is 42.8 Å². The fourth-order valence-corrected chi connectivity index (χ4v) is 3.69. The Balaban J connectivity index is 1.88. The maximum atomic E-state index is 11.8. The van der Waals surface area contributed by atoms with Gasteiger partial charge in [0.2, 0.25) is 0 Å². The summed E-state index contributed by atoms with van der Waals surface area (Å²) in [6.45, 7) is 11.0. The van der Waals surface area contributed by atoms with Gasteiger partial charge in [-0.25, -0.2) is 9.98 Å². The number of nitrogens with zero attached hydrogens (tertiary/aromatic N) is 5. The standard InChI is InChI=1S/C26H35N7O3/c1-6-35-26(34)17(4)13-29-14-20(12-27)19-7-8-21-23(11-19)36-10-9-33-15-22(32-25(21)33)24(30-16(2)3)31-18(5)28/h7-8,11-12,14-17,20,27H,6,9-10,13H2,1-5H3,(H2,28,30,31). The summed E-state index contributed by atoms with van der Waals surface area (Å²) in [5, 5.41) is 7.90. The van der Waals surface area contributed by atoms with E-state index in [2.05, 4.69) is 15.0 Å². The van der Waals surface area contributed by atoms with Crippen LogP contribution in [0.15, 0.2) is 39.4 Å². The first-order valence-corrected chi connectivity index (χ1v) is 12.1. The van der Waals surface area contributed by atoms with Crippen LogP contribution in [0, 0.1) is 11.3 Å². The summed E-state index contributed by atoms with van der Waals surface area (Å²) in [6.07, 6.45) is 4.92. The van der Waals surface area contributed by atoms with Gasteiger partial charge in [-0.2, -0.15) is 0 Å². The highest BCUT2D eigenvalue weighted by Crippen LogP contribution is 2.34. The van der Waals surface area contributed by atoms with Crippen LogP contribution in [-0.2, 0) is 16.1 Å². The Morgan fingerprint density at radius 3 is 2.81 bits per heavy atom. The normalized spacial score (nSPS) is 15.6. The second-order valence-electron chi connectivity index (χ2n) is 8.91. The van der Waals surface area contributed by atoms with Gasteiger partial charge in [0.25, 0.3) is 0 Å². The van der Waals surface area contributed by atoms with Crippen molar-refractivity contribution in [1.82, 2.24) is 9.55 Å². The third-order valence-electron chi connectivity index (χ3n) is 5.40. The van der Waals surface area contributed by atoms with Gasteiger partial charge < -0.3 is 25.2 Å². The van der Waals surface area contributed by atoms with Crippen LogP contribution < -0.4 is 10.5 Å². The van der Waals surface area contributed by atoms with Crippen LogP contribution in [0.1, 0.15) is 51.8 Å². The van der Waals surface area contributed by atoms with E-state index in [0.29, 0.717) is 49.4 Å². The zero-order chi connectivity index (χ0) is 26.2. The van der Waals surface area contributed by atoms with Gasteiger partial charge in [-0.1, -0.05) is 13.0 Å². The van der Waals surface area contributed by atoms with E-state index in [1.165, 1.54) is 6.21 Å². The van der Waals surface area contributed by atoms with E-state index < -0.39 is 0 Å². The maximum Gasteiger partial charge on any atom is 0.310 e. The van der Waals surface area contributed by atoms with Gasteiger partial charge in [-0.15, -0.1) is 0 Å². The van der Waals surface area contributed by atoms with Crippen LogP contribution >= 0.6 is 0 Å². The summed E-state index contributed by atoms with van der Waals surface area (Å²) < 4.78 is 13.1. The van der Waals surface area contributed by atoms with E-state index >= 15 is 0 Å². The van der Waals surface area contributed by atoms with Crippen molar-refractivity contribution in [1.29, 1.82) is 5.41 Å². The lowest BCUT2D eigenvalue weighted by Crippen LogP contribution is -2.17. The van der Waals surface area contributed by atoms with Gasteiger partial charge in [0, 0.05) is 24.7 Å². The molecule has 10 nitrogen and oxygen atoms in total. The maximum absolute atomic E-state index is 11.8. The average molecular weight is 494 g/mol. The molecule has 0 fully saturated rings. The van der Waals surface area contributed by atoms with Crippen LogP contribution in [-0.4, -0.2) is 65.4 Å². The minimum atomic E-state index is -0.349. The van der Waals surface area contributed by atoms with Gasteiger partial charge in [0.05, 0.1) is 42.9 Å². The molecule has 0 saturated carbocycles. The third kappa shape index (κ3) is 6.65. The van der Waals surface area contributed by atoms with Crippen molar-refractivity contribution in [2.75, 3.05) is 19.8 Å². The smallest absolute Gasteiger partial charge is 0.310 e. The number of benzene rings is 1. The number of rotatable bonds is 9. The number of ether oxygens (including phenoxy) is 2. The molecule has 1 aliphatic rings. The second kappa shape index (κ2) is 12.2. The summed E-state index contributed by atoms with van der Waals surface area (Å²) in [5.74, 6) is 1.40. The molecule has 10 heteroatoms. The molecule has 0 spiro atoms. The molecule has 2 heterocycles. The van der Waals surface area contributed by atoms with Crippen LogP contribution in [0.3, 0.4) is 0 Å². The first-order valence-electron chi connectivity index (χ1n) is 12.1. The number of nitrogens with two attached hydrogens (primary N) is 1. The number of hydrogen-bond donors (Lipinski definition) is 2. The van der Waals surface area contributed by atoms with Gasteiger partial charge in [0.15, 0.2) is 5.84 Å². The minimum absolute atomic E-state index is 0.0442. The molecule has 36 heavy (non-hydrogen) atoms. The van der Waals surface area contributed by atoms with Crippen LogP contribution in [0.5, 0.6) is 5.75 Å². The number of carbonyl (C=O) groups excluding carboxylic acids is 1. The molecule has 2 atom stereocenters. The zero-order valence-electron chi connectivity index (χ0n) is 21.6. The SMILES string of the molecule is CCOC(=O)C(C)CN=CC(C=N)c1ccc2c(c1)OCCn1cc(C(N=C(C)N)=NC(C)C)nc1-2. The number of imidazole rings is 1. The summed E-state index contributed by atoms with van der Waals surface area (Å²) >= 11 is 0. The zero-order valence-corrected chi connectivity index (χ0v) is 21.6. The van der Waals surface area contributed by atoms with Crippen LogP contribution in [0.2, 0.25) is 0 Å². The summed E-state index contributed by atoms with van der Waals surface area (Å²) in [5.41, 5.74) is 8.19. The third-order valence-corrected chi connectivity index (χ3v) is 5.40. The van der Waals surface area contributed by atoms with Crippen molar-refractivity contribution in [3.8, 4) is 17.1 Å². The topological polar surface area (TPSA) is 140 Å². The average Bonchev–Trinajstić information content (AvgIpc) is 3.17. The number of nitrogens with one attached hydrogen (secondary N) is 1. The van der Waals surface area contributed by atoms with Gasteiger partial charge in [-0.3, -0.25) is 14.8 Å². The summed E-state index contributed by atoms with van der Waals surface area (Å²) in [6, 6.07) is 5.85. The molecule has 2 aromatic rings. The highest BCUT2D eigenvalue weighted by atomic mass is 16.5. The number of hydrogen-bond acceptors (Lipinski definition) is 7. The van der Waals surface area contributed by atoms with Crippen LogP contribution in [0.25, 0.3) is 11.4 Å². The largest absolute Gasteiger partial charge is 0.491 e. The molecule has 192 valence electrons. The Hall–Kier alpha value is -3.82. The van der Waals surface area contributed by atoms with Crippen molar-refractivity contribution in [2.24, 2.45) is 26.6 Å². The summed E-state index contributed by atoms with van der Waals surface area (Å²) in [7, 11) is 0. The number of esters is 1.